The van der Waals surface area contributed by atoms with Gasteiger partial charge in [0, 0.05) is 11.9 Å². The number of nitrogens with zero attached hydrogens (tertiary/aromatic N) is 1. The standard InChI is InChI=1S/C13H16N2/c1-3-13(5-8-14-9-6-13)12-4-7-15-11(2)10-12/h1,4,7,10,14H,5-6,8-9H2,2H3. The quantitative estimate of drug-likeness (QED) is 0.697. The van der Waals surface area contributed by atoms with E-state index in [1.807, 2.05) is 13.1 Å². The molecule has 15 heavy (non-hydrogen) atoms. The molecule has 1 N–H and O–H groups in total. The van der Waals surface area contributed by atoms with Gasteiger partial charge < -0.3 is 5.32 Å². The van der Waals surface area contributed by atoms with Gasteiger partial charge in [0.1, 0.15) is 0 Å². The molecule has 0 aromatic carbocycles. The molecule has 0 aliphatic carbocycles. The van der Waals surface area contributed by atoms with Gasteiger partial charge >= 0.3 is 0 Å². The Labute approximate surface area is 91.1 Å². The molecule has 2 heterocycles. The maximum Gasteiger partial charge on any atom is 0.0585 e. The summed E-state index contributed by atoms with van der Waals surface area (Å²) in [6, 6.07) is 4.17. The number of hydrogen-bond acceptors (Lipinski definition) is 2. The fraction of sp³-hybridized carbons (Fsp3) is 0.462. The Morgan fingerprint density at radius 2 is 2.20 bits per heavy atom. The SMILES string of the molecule is C#CC1(c2ccnc(C)c2)CCNCC1. The summed E-state index contributed by atoms with van der Waals surface area (Å²) in [7, 11) is 0. The van der Waals surface area contributed by atoms with E-state index >= 15 is 0 Å². The monoisotopic (exact) mass is 200 g/mol. The van der Waals surface area contributed by atoms with E-state index in [0.29, 0.717) is 0 Å². The molecule has 0 radical (unpaired) electrons. The van der Waals surface area contributed by atoms with Crippen molar-refractivity contribution in [1.29, 1.82) is 0 Å². The Morgan fingerprint density at radius 1 is 1.47 bits per heavy atom. The fourth-order valence-electron chi connectivity index (χ4n) is 2.21. The van der Waals surface area contributed by atoms with Gasteiger partial charge in [0.05, 0.1) is 5.41 Å². The predicted octanol–water partition coefficient (Wildman–Crippen LogP) is 1.64. The predicted molar refractivity (Wildman–Crippen MR) is 61.6 cm³/mol. The second-order valence-corrected chi connectivity index (χ2v) is 4.16. The zero-order chi connectivity index (χ0) is 10.7. The van der Waals surface area contributed by atoms with E-state index in [-0.39, 0.29) is 5.41 Å². The van der Waals surface area contributed by atoms with Crippen molar-refractivity contribution in [3.05, 3.63) is 29.6 Å². The second-order valence-electron chi connectivity index (χ2n) is 4.16. The van der Waals surface area contributed by atoms with E-state index in [2.05, 4.69) is 28.4 Å². The van der Waals surface area contributed by atoms with Crippen LogP contribution >= 0.6 is 0 Å². The van der Waals surface area contributed by atoms with Crippen molar-refractivity contribution in [2.24, 2.45) is 0 Å². The molecular formula is C13H16N2. The van der Waals surface area contributed by atoms with Crippen LogP contribution in [-0.4, -0.2) is 18.1 Å². The highest BCUT2D eigenvalue weighted by atomic mass is 14.9. The molecule has 1 aromatic rings. The first-order valence-electron chi connectivity index (χ1n) is 5.38. The molecule has 0 spiro atoms. The third kappa shape index (κ3) is 1.88. The topological polar surface area (TPSA) is 24.9 Å². The molecular weight excluding hydrogens is 184 g/mol. The van der Waals surface area contributed by atoms with Crippen LogP contribution in [0.25, 0.3) is 0 Å². The van der Waals surface area contributed by atoms with Crippen LogP contribution in [0.1, 0.15) is 24.1 Å². The van der Waals surface area contributed by atoms with Gasteiger partial charge in [0.15, 0.2) is 0 Å². The van der Waals surface area contributed by atoms with E-state index in [0.717, 1.165) is 31.6 Å². The molecule has 2 heteroatoms. The van der Waals surface area contributed by atoms with Gasteiger partial charge in [-0.05, 0) is 50.6 Å². The molecule has 1 aromatic heterocycles. The van der Waals surface area contributed by atoms with Gasteiger partial charge in [-0.25, -0.2) is 0 Å². The normalized spacial score (nSPS) is 19.5. The number of rotatable bonds is 1. The van der Waals surface area contributed by atoms with Gasteiger partial charge in [-0.1, -0.05) is 5.92 Å². The van der Waals surface area contributed by atoms with Gasteiger partial charge in [-0.15, -0.1) is 6.42 Å². The van der Waals surface area contributed by atoms with Crippen LogP contribution in [0.3, 0.4) is 0 Å². The highest BCUT2D eigenvalue weighted by molar-refractivity contribution is 5.35. The molecule has 0 atom stereocenters. The first-order chi connectivity index (χ1) is 7.27. The Balaban J connectivity index is 2.37. The Kier molecular flexibility index (Phi) is 2.75. The summed E-state index contributed by atoms with van der Waals surface area (Å²) in [5.74, 6) is 2.99. The van der Waals surface area contributed by atoms with Gasteiger partial charge in [0.2, 0.25) is 0 Å². The molecule has 0 amide bonds. The van der Waals surface area contributed by atoms with Crippen molar-refractivity contribution in [1.82, 2.24) is 10.3 Å². The minimum atomic E-state index is -0.0705. The van der Waals surface area contributed by atoms with E-state index in [4.69, 9.17) is 6.42 Å². The minimum absolute atomic E-state index is 0.0705. The Bertz CT molecular complexity index is 384. The third-order valence-corrected chi connectivity index (χ3v) is 3.18. The van der Waals surface area contributed by atoms with Crippen LogP contribution in [-0.2, 0) is 5.41 Å². The zero-order valence-corrected chi connectivity index (χ0v) is 9.09. The lowest BCUT2D eigenvalue weighted by Crippen LogP contribution is -2.38. The molecule has 0 bridgehead atoms. The van der Waals surface area contributed by atoms with Crippen LogP contribution in [0.4, 0.5) is 0 Å². The highest BCUT2D eigenvalue weighted by Gasteiger charge is 2.31. The molecule has 2 nitrogen and oxygen atoms in total. The summed E-state index contributed by atoms with van der Waals surface area (Å²) in [4.78, 5) is 4.22. The van der Waals surface area contributed by atoms with E-state index < -0.39 is 0 Å². The molecule has 0 saturated carbocycles. The van der Waals surface area contributed by atoms with Crippen LogP contribution in [0, 0.1) is 19.3 Å². The fourth-order valence-corrected chi connectivity index (χ4v) is 2.21. The first kappa shape index (κ1) is 10.2. The van der Waals surface area contributed by atoms with Crippen LogP contribution in [0.5, 0.6) is 0 Å². The summed E-state index contributed by atoms with van der Waals surface area (Å²) < 4.78 is 0. The highest BCUT2D eigenvalue weighted by Crippen LogP contribution is 2.32. The zero-order valence-electron chi connectivity index (χ0n) is 9.09. The largest absolute Gasteiger partial charge is 0.317 e. The van der Waals surface area contributed by atoms with Crippen molar-refractivity contribution >= 4 is 0 Å². The Morgan fingerprint density at radius 3 is 2.80 bits per heavy atom. The smallest absolute Gasteiger partial charge is 0.0585 e. The Hall–Kier alpha value is -1.33. The van der Waals surface area contributed by atoms with Crippen LogP contribution in [0.15, 0.2) is 18.3 Å². The van der Waals surface area contributed by atoms with Crippen molar-refractivity contribution in [3.63, 3.8) is 0 Å². The number of hydrogen-bond donors (Lipinski definition) is 1. The summed E-state index contributed by atoms with van der Waals surface area (Å²) in [5, 5.41) is 3.35. The lowest BCUT2D eigenvalue weighted by Gasteiger charge is -2.33. The summed E-state index contributed by atoms with van der Waals surface area (Å²) >= 11 is 0. The molecule has 1 aliphatic heterocycles. The number of aromatic nitrogens is 1. The van der Waals surface area contributed by atoms with Crippen molar-refractivity contribution < 1.29 is 0 Å². The lowest BCUT2D eigenvalue weighted by molar-refractivity contribution is 0.386. The number of piperidine rings is 1. The van der Waals surface area contributed by atoms with E-state index in [1.165, 1.54) is 5.56 Å². The number of aryl methyl sites for hydroxylation is 1. The minimum Gasteiger partial charge on any atom is -0.317 e. The molecule has 1 fully saturated rings. The van der Waals surface area contributed by atoms with Crippen LogP contribution in [0.2, 0.25) is 0 Å². The third-order valence-electron chi connectivity index (χ3n) is 3.18. The van der Waals surface area contributed by atoms with Crippen molar-refractivity contribution in [3.8, 4) is 12.3 Å². The van der Waals surface area contributed by atoms with Crippen molar-refractivity contribution in [2.45, 2.75) is 25.2 Å². The maximum atomic E-state index is 5.72. The molecule has 78 valence electrons. The second kappa shape index (κ2) is 4.04. The van der Waals surface area contributed by atoms with Gasteiger partial charge in [0.25, 0.3) is 0 Å². The van der Waals surface area contributed by atoms with Gasteiger partial charge in [-0.3, -0.25) is 4.98 Å². The van der Waals surface area contributed by atoms with Crippen molar-refractivity contribution in [2.75, 3.05) is 13.1 Å². The molecule has 0 unspecified atom stereocenters. The molecule has 1 saturated heterocycles. The average molecular weight is 200 g/mol. The van der Waals surface area contributed by atoms with E-state index in [1.54, 1.807) is 0 Å². The van der Waals surface area contributed by atoms with Crippen LogP contribution < -0.4 is 5.32 Å². The lowest BCUT2D eigenvalue weighted by atomic mass is 9.74. The number of terminal acetylenes is 1. The number of pyridine rings is 1. The first-order valence-corrected chi connectivity index (χ1v) is 5.38. The van der Waals surface area contributed by atoms with Gasteiger partial charge in [-0.2, -0.15) is 0 Å². The molecule has 2 rings (SSSR count). The average Bonchev–Trinajstić information content (AvgIpc) is 2.30. The molecule has 1 aliphatic rings. The maximum absolute atomic E-state index is 5.72. The number of nitrogens with one attached hydrogen (secondary N) is 1. The summed E-state index contributed by atoms with van der Waals surface area (Å²) in [6.07, 6.45) is 9.62. The summed E-state index contributed by atoms with van der Waals surface area (Å²) in [6.45, 7) is 4.02. The van der Waals surface area contributed by atoms with E-state index in [9.17, 15) is 0 Å². The summed E-state index contributed by atoms with van der Waals surface area (Å²) in [5.41, 5.74) is 2.22.